The van der Waals surface area contributed by atoms with Crippen LogP contribution in [0.3, 0.4) is 0 Å². The van der Waals surface area contributed by atoms with Gasteiger partial charge in [-0.15, -0.1) is 0 Å². The van der Waals surface area contributed by atoms with Gasteiger partial charge in [0.05, 0.1) is 0 Å². The Labute approximate surface area is 96.1 Å². The Morgan fingerprint density at radius 2 is 2.12 bits per heavy atom. The van der Waals surface area contributed by atoms with Crippen LogP contribution in [0.4, 0.5) is 0 Å². The summed E-state index contributed by atoms with van der Waals surface area (Å²) in [6.45, 7) is 6.10. The van der Waals surface area contributed by atoms with E-state index in [1.807, 2.05) is 0 Å². The molecule has 1 aliphatic carbocycles. The highest BCUT2D eigenvalue weighted by Gasteiger charge is 2.42. The molecule has 0 bridgehead atoms. The number of carbonyl (C=O) groups is 1. The molecule has 16 heavy (non-hydrogen) atoms. The zero-order valence-corrected chi connectivity index (χ0v) is 10.2. The molecule has 0 aliphatic heterocycles. The molecule has 1 fully saturated rings. The summed E-state index contributed by atoms with van der Waals surface area (Å²) in [4.78, 5) is 11.9. The first-order valence-corrected chi connectivity index (χ1v) is 5.64. The van der Waals surface area contributed by atoms with Crippen molar-refractivity contribution in [3.8, 4) is 0 Å². The van der Waals surface area contributed by atoms with Crippen LogP contribution in [-0.2, 0) is 4.79 Å². The lowest BCUT2D eigenvalue weighted by Crippen LogP contribution is -2.47. The Morgan fingerprint density at radius 3 is 2.50 bits per heavy atom. The second-order valence-electron chi connectivity index (χ2n) is 5.15. The summed E-state index contributed by atoms with van der Waals surface area (Å²) in [5.74, 6) is -0.256. The summed E-state index contributed by atoms with van der Waals surface area (Å²) in [5, 5.41) is 14.4. The number of amides is 1. The van der Waals surface area contributed by atoms with Gasteiger partial charge in [0.25, 0.3) is 0 Å². The number of rotatable bonds is 5. The minimum Gasteiger partial charge on any atom is -0.409 e. The van der Waals surface area contributed by atoms with Crippen molar-refractivity contribution in [2.45, 2.75) is 40.0 Å². The third-order valence-electron chi connectivity index (χ3n) is 3.65. The number of nitrogens with zero attached hydrogens (tertiary/aromatic N) is 1. The molecule has 1 aliphatic rings. The van der Waals surface area contributed by atoms with Crippen molar-refractivity contribution in [3.05, 3.63) is 0 Å². The standard InChI is InChI=1S/C11H21N3O2/c1-4-11(5-6-11)7-13-9(15)10(2,3)8(12)14-16/h16H,4-7H2,1-3H3,(H2,12,14)(H,13,15). The van der Waals surface area contributed by atoms with Crippen LogP contribution >= 0.6 is 0 Å². The molecule has 0 spiro atoms. The van der Waals surface area contributed by atoms with Crippen molar-refractivity contribution >= 4 is 11.7 Å². The Kier molecular flexibility index (Phi) is 3.45. The first kappa shape index (κ1) is 12.8. The van der Waals surface area contributed by atoms with Crippen LogP contribution in [0, 0.1) is 10.8 Å². The number of carbonyl (C=O) groups excluding carboxylic acids is 1. The van der Waals surface area contributed by atoms with Gasteiger partial charge in [0.15, 0.2) is 5.84 Å². The van der Waals surface area contributed by atoms with E-state index in [0.717, 1.165) is 6.42 Å². The van der Waals surface area contributed by atoms with Crippen LogP contribution in [0.2, 0.25) is 0 Å². The van der Waals surface area contributed by atoms with Gasteiger partial charge in [-0.3, -0.25) is 4.79 Å². The topological polar surface area (TPSA) is 87.7 Å². The molecule has 5 heteroatoms. The SMILES string of the molecule is CCC1(CNC(=O)C(C)(C)C(N)=NO)CC1. The predicted molar refractivity (Wildman–Crippen MR) is 62.2 cm³/mol. The van der Waals surface area contributed by atoms with E-state index in [1.54, 1.807) is 13.8 Å². The lowest BCUT2D eigenvalue weighted by Gasteiger charge is -2.23. The fraction of sp³-hybridized carbons (Fsp3) is 0.818. The fourth-order valence-corrected chi connectivity index (χ4v) is 1.56. The minimum atomic E-state index is -0.960. The molecule has 5 nitrogen and oxygen atoms in total. The smallest absolute Gasteiger partial charge is 0.233 e. The van der Waals surface area contributed by atoms with Gasteiger partial charge in [-0.1, -0.05) is 12.1 Å². The molecule has 1 saturated carbocycles. The van der Waals surface area contributed by atoms with Gasteiger partial charge in [0.2, 0.25) is 5.91 Å². The van der Waals surface area contributed by atoms with E-state index in [9.17, 15) is 4.79 Å². The van der Waals surface area contributed by atoms with Gasteiger partial charge >= 0.3 is 0 Å². The van der Waals surface area contributed by atoms with Crippen LogP contribution in [0.15, 0.2) is 5.16 Å². The zero-order chi connectivity index (χ0) is 12.4. The van der Waals surface area contributed by atoms with Crippen molar-refractivity contribution in [1.82, 2.24) is 5.32 Å². The first-order chi connectivity index (χ1) is 7.38. The van der Waals surface area contributed by atoms with E-state index >= 15 is 0 Å². The summed E-state index contributed by atoms with van der Waals surface area (Å²) >= 11 is 0. The Hall–Kier alpha value is -1.26. The number of hydrogen-bond donors (Lipinski definition) is 3. The molecule has 92 valence electrons. The van der Waals surface area contributed by atoms with Crippen LogP contribution in [-0.4, -0.2) is 23.5 Å². The summed E-state index contributed by atoms with van der Waals surface area (Å²) in [6, 6.07) is 0. The van der Waals surface area contributed by atoms with E-state index in [4.69, 9.17) is 10.9 Å². The van der Waals surface area contributed by atoms with E-state index < -0.39 is 5.41 Å². The van der Waals surface area contributed by atoms with Crippen LogP contribution < -0.4 is 11.1 Å². The van der Waals surface area contributed by atoms with Gasteiger partial charge in [-0.2, -0.15) is 0 Å². The van der Waals surface area contributed by atoms with Crippen LogP contribution in [0.25, 0.3) is 0 Å². The third-order valence-corrected chi connectivity index (χ3v) is 3.65. The summed E-state index contributed by atoms with van der Waals surface area (Å²) < 4.78 is 0. The van der Waals surface area contributed by atoms with Crippen molar-refractivity contribution in [2.24, 2.45) is 21.7 Å². The molecule has 0 aromatic carbocycles. The molecule has 0 atom stereocenters. The molecule has 0 heterocycles. The minimum absolute atomic E-state index is 0.0636. The average Bonchev–Trinajstić information content (AvgIpc) is 3.05. The summed E-state index contributed by atoms with van der Waals surface area (Å²) in [6.07, 6.45) is 3.43. The van der Waals surface area contributed by atoms with E-state index in [1.165, 1.54) is 12.8 Å². The molecule has 0 aromatic rings. The van der Waals surface area contributed by atoms with Crippen LogP contribution in [0.1, 0.15) is 40.0 Å². The second-order valence-corrected chi connectivity index (χ2v) is 5.15. The van der Waals surface area contributed by atoms with E-state index in [2.05, 4.69) is 17.4 Å². The maximum absolute atomic E-state index is 11.9. The largest absolute Gasteiger partial charge is 0.409 e. The highest BCUT2D eigenvalue weighted by atomic mass is 16.4. The number of oxime groups is 1. The van der Waals surface area contributed by atoms with Gasteiger partial charge < -0.3 is 16.3 Å². The van der Waals surface area contributed by atoms with E-state index in [0.29, 0.717) is 12.0 Å². The monoisotopic (exact) mass is 227 g/mol. The van der Waals surface area contributed by atoms with Crippen molar-refractivity contribution in [1.29, 1.82) is 0 Å². The molecule has 0 radical (unpaired) electrons. The van der Waals surface area contributed by atoms with Gasteiger partial charge in [-0.25, -0.2) is 0 Å². The molecule has 0 saturated heterocycles. The molecule has 0 aromatic heterocycles. The van der Waals surface area contributed by atoms with Gasteiger partial charge in [-0.05, 0) is 38.5 Å². The Morgan fingerprint density at radius 1 is 1.56 bits per heavy atom. The highest BCUT2D eigenvalue weighted by molar-refractivity contribution is 6.05. The molecule has 1 amide bonds. The number of nitrogens with one attached hydrogen (secondary N) is 1. The number of nitrogens with two attached hydrogens (primary N) is 1. The maximum Gasteiger partial charge on any atom is 0.233 e. The maximum atomic E-state index is 11.9. The molecule has 4 N–H and O–H groups in total. The van der Waals surface area contributed by atoms with Crippen LogP contribution in [0.5, 0.6) is 0 Å². The second kappa shape index (κ2) is 4.31. The van der Waals surface area contributed by atoms with Crippen molar-refractivity contribution < 1.29 is 10.0 Å². The highest BCUT2D eigenvalue weighted by Crippen LogP contribution is 2.47. The Balaban J connectivity index is 2.52. The first-order valence-electron chi connectivity index (χ1n) is 5.64. The molecule has 0 unspecified atom stereocenters. The normalized spacial score (nSPS) is 19.3. The fourth-order valence-electron chi connectivity index (χ4n) is 1.56. The van der Waals surface area contributed by atoms with Gasteiger partial charge in [0.1, 0.15) is 5.41 Å². The molecular formula is C11H21N3O2. The predicted octanol–water partition coefficient (Wildman–Crippen LogP) is 1.07. The Bertz CT molecular complexity index is 306. The van der Waals surface area contributed by atoms with Crippen molar-refractivity contribution in [2.75, 3.05) is 6.54 Å². The summed E-state index contributed by atoms with van der Waals surface area (Å²) in [7, 11) is 0. The van der Waals surface area contributed by atoms with Crippen molar-refractivity contribution in [3.63, 3.8) is 0 Å². The lowest BCUT2D eigenvalue weighted by molar-refractivity contribution is -0.126. The third kappa shape index (κ3) is 2.46. The quantitative estimate of drug-likeness (QED) is 0.284. The van der Waals surface area contributed by atoms with Gasteiger partial charge in [0, 0.05) is 6.54 Å². The lowest BCUT2D eigenvalue weighted by atomic mass is 9.90. The zero-order valence-electron chi connectivity index (χ0n) is 10.2. The molecule has 1 rings (SSSR count). The molecular weight excluding hydrogens is 206 g/mol. The number of hydrogen-bond acceptors (Lipinski definition) is 3. The van der Waals surface area contributed by atoms with E-state index in [-0.39, 0.29) is 11.7 Å². The average molecular weight is 227 g/mol. The summed E-state index contributed by atoms with van der Waals surface area (Å²) in [5.41, 5.74) is 4.82. The number of amidine groups is 1.